The molecule has 0 radical (unpaired) electrons. The van der Waals surface area contributed by atoms with Crippen molar-refractivity contribution in [3.05, 3.63) is 75.0 Å². The number of carbonyl (C=O) groups excluding carboxylic acids is 2. The van der Waals surface area contributed by atoms with E-state index in [1.54, 1.807) is 11.8 Å². The number of hydrogen-bond acceptors (Lipinski definition) is 6. The average Bonchev–Trinajstić information content (AvgIpc) is 3.18. The van der Waals surface area contributed by atoms with Crippen LogP contribution in [-0.2, 0) is 9.59 Å². The minimum absolute atomic E-state index is 0.102. The molecule has 5 nitrogen and oxygen atoms in total. The fraction of sp³-hybridized carbons (Fsp3) is 0.296. The lowest BCUT2D eigenvalue weighted by Crippen LogP contribution is -2.39. The molecule has 0 saturated carbocycles. The first-order valence-electron chi connectivity index (χ1n) is 11.4. The molecule has 0 unspecified atom stereocenters. The Morgan fingerprint density at radius 2 is 1.94 bits per heavy atom. The van der Waals surface area contributed by atoms with Crippen LogP contribution in [0.1, 0.15) is 45.1 Å². The Kier molecular flexibility index (Phi) is 6.40. The van der Waals surface area contributed by atoms with Crippen molar-refractivity contribution in [1.82, 2.24) is 10.3 Å². The number of amides is 1. The van der Waals surface area contributed by atoms with Gasteiger partial charge in [-0.2, -0.15) is 0 Å². The number of thiazole rings is 1. The molecule has 35 heavy (non-hydrogen) atoms. The van der Waals surface area contributed by atoms with Crippen molar-refractivity contribution in [2.45, 2.75) is 44.4 Å². The molecule has 2 aliphatic rings. The number of nitrogens with one attached hydrogen (secondary N) is 2. The zero-order valence-electron chi connectivity index (χ0n) is 20.0. The lowest BCUT2D eigenvalue weighted by atomic mass is 9.68. The van der Waals surface area contributed by atoms with Crippen molar-refractivity contribution >= 4 is 66.1 Å². The molecule has 1 atom stereocenters. The molecular weight excluding hydrogens is 542 g/mol. The zero-order valence-corrected chi connectivity index (χ0v) is 23.2. The van der Waals surface area contributed by atoms with Gasteiger partial charge >= 0.3 is 0 Å². The van der Waals surface area contributed by atoms with Gasteiger partial charge in [-0.3, -0.25) is 14.9 Å². The molecule has 1 aromatic heterocycles. The number of halogens is 1. The van der Waals surface area contributed by atoms with Crippen molar-refractivity contribution in [1.29, 1.82) is 0 Å². The summed E-state index contributed by atoms with van der Waals surface area (Å²) in [6, 6.07) is 14.0. The fourth-order valence-corrected chi connectivity index (χ4v) is 6.80. The number of allylic oxidation sites excluding steroid dienone is 3. The number of anilines is 1. The zero-order chi connectivity index (χ0) is 24.9. The first kappa shape index (κ1) is 24.3. The first-order chi connectivity index (χ1) is 16.6. The van der Waals surface area contributed by atoms with Crippen LogP contribution >= 0.6 is 39.0 Å². The Labute approximate surface area is 221 Å². The summed E-state index contributed by atoms with van der Waals surface area (Å²) >= 11 is 6.59. The van der Waals surface area contributed by atoms with E-state index in [1.165, 1.54) is 11.3 Å². The molecule has 0 saturated heterocycles. The number of Topliss-reactive ketones (excluding diaryl/α,β-unsaturated/α-hetero) is 1. The van der Waals surface area contributed by atoms with E-state index in [2.05, 4.69) is 57.5 Å². The van der Waals surface area contributed by atoms with E-state index in [0.717, 1.165) is 43.0 Å². The van der Waals surface area contributed by atoms with Gasteiger partial charge in [0, 0.05) is 44.2 Å². The third-order valence-electron chi connectivity index (χ3n) is 6.50. The van der Waals surface area contributed by atoms with Crippen molar-refractivity contribution in [3.63, 3.8) is 0 Å². The van der Waals surface area contributed by atoms with Crippen LogP contribution in [0.25, 0.3) is 10.2 Å². The maximum absolute atomic E-state index is 13.7. The molecule has 0 fully saturated rings. The summed E-state index contributed by atoms with van der Waals surface area (Å²) in [4.78, 5) is 32.9. The number of benzene rings is 2. The highest BCUT2D eigenvalue weighted by Crippen LogP contribution is 2.47. The standard InChI is InChI=1S/C27H26BrN3O2S2/c1-14-22(25(33)31-26-30-18-10-7-16(28)11-21(18)35-26)23(15-5-8-17(34-4)9-6-15)24-19(29-14)12-27(2,3)13-20(24)32/h5-11,23,29H,12-13H2,1-4H3,(H,30,31,33)/t23-/m0/s1. The summed E-state index contributed by atoms with van der Waals surface area (Å²) in [5, 5.41) is 6.98. The number of rotatable bonds is 4. The predicted octanol–water partition coefficient (Wildman–Crippen LogP) is 7.02. The van der Waals surface area contributed by atoms with E-state index < -0.39 is 5.92 Å². The van der Waals surface area contributed by atoms with Gasteiger partial charge in [-0.25, -0.2) is 4.98 Å². The van der Waals surface area contributed by atoms with Crippen molar-refractivity contribution in [2.24, 2.45) is 5.41 Å². The largest absolute Gasteiger partial charge is 0.362 e. The number of hydrogen-bond donors (Lipinski definition) is 2. The van der Waals surface area contributed by atoms with Gasteiger partial charge in [0.1, 0.15) is 0 Å². The highest BCUT2D eigenvalue weighted by Gasteiger charge is 2.42. The summed E-state index contributed by atoms with van der Waals surface area (Å²) in [5.41, 5.74) is 4.64. The Bertz CT molecular complexity index is 1420. The number of thioether (sulfide) groups is 1. The minimum Gasteiger partial charge on any atom is -0.362 e. The Balaban J connectivity index is 1.56. The number of dihydropyridines is 1. The second kappa shape index (κ2) is 9.22. The molecule has 0 bridgehead atoms. The molecule has 2 aromatic carbocycles. The van der Waals surface area contributed by atoms with E-state index in [9.17, 15) is 9.59 Å². The van der Waals surface area contributed by atoms with Crippen molar-refractivity contribution in [3.8, 4) is 0 Å². The summed E-state index contributed by atoms with van der Waals surface area (Å²) in [5.74, 6) is -0.559. The molecule has 8 heteroatoms. The SMILES string of the molecule is CSc1ccc([C@H]2C(C(=O)Nc3nc4ccc(Br)cc4s3)=C(C)NC3=C2C(=O)CC(C)(C)C3)cc1. The third-order valence-corrected chi connectivity index (χ3v) is 8.67. The smallest absolute Gasteiger partial charge is 0.256 e. The molecule has 2 heterocycles. The van der Waals surface area contributed by atoms with Gasteiger partial charge in [0.05, 0.1) is 10.2 Å². The van der Waals surface area contributed by atoms with E-state index in [0.29, 0.717) is 22.7 Å². The molecule has 1 aliphatic heterocycles. The highest BCUT2D eigenvalue weighted by molar-refractivity contribution is 9.10. The Morgan fingerprint density at radius 1 is 1.20 bits per heavy atom. The fourth-order valence-electron chi connectivity index (χ4n) is 4.98. The van der Waals surface area contributed by atoms with Gasteiger partial charge in [-0.05, 0) is 60.9 Å². The summed E-state index contributed by atoms with van der Waals surface area (Å²) in [6.45, 7) is 6.15. The van der Waals surface area contributed by atoms with E-state index >= 15 is 0 Å². The number of ketones is 1. The van der Waals surface area contributed by atoms with Crippen LogP contribution in [0.15, 0.2) is 74.4 Å². The molecule has 1 aliphatic carbocycles. The van der Waals surface area contributed by atoms with Gasteiger partial charge in [0.25, 0.3) is 5.91 Å². The Morgan fingerprint density at radius 3 is 2.66 bits per heavy atom. The minimum atomic E-state index is -0.422. The van der Waals surface area contributed by atoms with Crippen LogP contribution in [0.3, 0.4) is 0 Å². The van der Waals surface area contributed by atoms with Crippen LogP contribution in [0.4, 0.5) is 5.13 Å². The van der Waals surface area contributed by atoms with Crippen molar-refractivity contribution < 1.29 is 9.59 Å². The lowest BCUT2D eigenvalue weighted by Gasteiger charge is -2.39. The number of carbonyl (C=O) groups is 2. The van der Waals surface area contributed by atoms with Gasteiger partial charge in [0.15, 0.2) is 10.9 Å². The summed E-state index contributed by atoms with van der Waals surface area (Å²) in [7, 11) is 0. The van der Waals surface area contributed by atoms with Gasteiger partial charge in [0.2, 0.25) is 0 Å². The van der Waals surface area contributed by atoms with Crippen LogP contribution < -0.4 is 10.6 Å². The molecular formula is C27H26BrN3O2S2. The molecule has 5 rings (SSSR count). The Hall–Kier alpha value is -2.42. The van der Waals surface area contributed by atoms with Crippen LogP contribution in [0, 0.1) is 5.41 Å². The first-order valence-corrected chi connectivity index (χ1v) is 14.2. The van der Waals surface area contributed by atoms with Crippen LogP contribution in [0.2, 0.25) is 0 Å². The topological polar surface area (TPSA) is 71.1 Å². The van der Waals surface area contributed by atoms with E-state index in [-0.39, 0.29) is 17.1 Å². The van der Waals surface area contributed by atoms with Gasteiger partial charge in [-0.1, -0.05) is 53.2 Å². The molecule has 1 amide bonds. The number of aromatic nitrogens is 1. The van der Waals surface area contributed by atoms with Gasteiger partial charge < -0.3 is 5.32 Å². The maximum atomic E-state index is 13.7. The van der Waals surface area contributed by atoms with Crippen LogP contribution in [-0.4, -0.2) is 22.9 Å². The average molecular weight is 569 g/mol. The number of fused-ring (bicyclic) bond motifs is 1. The lowest BCUT2D eigenvalue weighted by molar-refractivity contribution is -0.118. The summed E-state index contributed by atoms with van der Waals surface area (Å²) < 4.78 is 1.95. The van der Waals surface area contributed by atoms with E-state index in [1.807, 2.05) is 43.5 Å². The third kappa shape index (κ3) is 4.71. The highest BCUT2D eigenvalue weighted by atomic mass is 79.9. The summed E-state index contributed by atoms with van der Waals surface area (Å²) in [6.07, 6.45) is 3.27. The predicted molar refractivity (Wildman–Crippen MR) is 148 cm³/mol. The monoisotopic (exact) mass is 567 g/mol. The molecule has 2 N–H and O–H groups in total. The second-order valence-corrected chi connectivity index (χ2v) is 12.6. The maximum Gasteiger partial charge on any atom is 0.256 e. The van der Waals surface area contributed by atoms with Crippen LogP contribution in [0.5, 0.6) is 0 Å². The molecule has 180 valence electrons. The normalized spacial score (nSPS) is 19.6. The van der Waals surface area contributed by atoms with Gasteiger partial charge in [-0.15, -0.1) is 11.8 Å². The van der Waals surface area contributed by atoms with E-state index in [4.69, 9.17) is 0 Å². The molecule has 3 aromatic rings. The second-order valence-electron chi connectivity index (χ2n) is 9.79. The molecule has 0 spiro atoms. The number of nitrogens with zero attached hydrogens (tertiary/aromatic N) is 1. The quantitative estimate of drug-likeness (QED) is 0.331. The van der Waals surface area contributed by atoms with Crippen molar-refractivity contribution in [2.75, 3.05) is 11.6 Å².